The van der Waals surface area contributed by atoms with Crippen LogP contribution in [0.2, 0.25) is 10.0 Å². The molecule has 142 valence electrons. The van der Waals surface area contributed by atoms with Crippen LogP contribution in [0.15, 0.2) is 35.9 Å². The Labute approximate surface area is 161 Å². The van der Waals surface area contributed by atoms with Crippen molar-refractivity contribution in [2.45, 2.75) is 19.2 Å². The molecule has 9 heteroatoms. The van der Waals surface area contributed by atoms with Gasteiger partial charge in [0.15, 0.2) is 5.75 Å². The van der Waals surface area contributed by atoms with Crippen LogP contribution in [0.1, 0.15) is 11.1 Å². The third-order valence-electron chi connectivity index (χ3n) is 3.84. The highest BCUT2D eigenvalue weighted by atomic mass is 35.5. The lowest BCUT2D eigenvalue weighted by atomic mass is 10.0. The van der Waals surface area contributed by atoms with Crippen molar-refractivity contribution in [3.05, 3.63) is 57.1 Å². The number of carbonyl (C=O) groups is 1. The van der Waals surface area contributed by atoms with E-state index in [1.54, 1.807) is 31.2 Å². The quantitative estimate of drug-likeness (QED) is 0.675. The number of aliphatic carboxylic acids is 1. The zero-order valence-electron chi connectivity index (χ0n) is 13.6. The average molecular weight is 419 g/mol. The lowest BCUT2D eigenvalue weighted by Crippen LogP contribution is -2.40. The second-order valence-electron chi connectivity index (χ2n) is 5.72. The van der Waals surface area contributed by atoms with Crippen LogP contribution in [0, 0.1) is 6.92 Å². The molecule has 0 fully saturated rings. The van der Waals surface area contributed by atoms with Crippen molar-refractivity contribution in [3.63, 3.8) is 0 Å². The number of carboxylic acid groups (broad SMARTS) is 1. The molecular formula is C18H11Cl2F3O4. The van der Waals surface area contributed by atoms with E-state index in [0.717, 1.165) is 11.6 Å². The maximum Gasteiger partial charge on any atom is 0.430 e. The highest BCUT2D eigenvalue weighted by molar-refractivity contribution is 6.37. The van der Waals surface area contributed by atoms with Crippen molar-refractivity contribution < 1.29 is 32.5 Å². The number of rotatable bonds is 3. The van der Waals surface area contributed by atoms with Gasteiger partial charge in [-0.3, -0.25) is 0 Å². The van der Waals surface area contributed by atoms with Gasteiger partial charge in [-0.25, -0.2) is 4.79 Å². The normalized spacial score (nSPS) is 16.2. The topological polar surface area (TPSA) is 55.8 Å². The molecule has 0 aliphatic carbocycles. The van der Waals surface area contributed by atoms with Gasteiger partial charge in [0.1, 0.15) is 11.5 Å². The molecule has 4 nitrogen and oxygen atoms in total. The second kappa shape index (κ2) is 6.98. The SMILES string of the molecule is Cc1ccccc1Oc1c(Cl)cc(Cl)c2c1C=C(C(=O)O)C(C(F)(F)F)O2. The number of benzene rings is 2. The second-order valence-corrected chi connectivity index (χ2v) is 6.54. The van der Waals surface area contributed by atoms with Gasteiger partial charge < -0.3 is 14.6 Å². The van der Waals surface area contributed by atoms with Gasteiger partial charge in [0.05, 0.1) is 21.2 Å². The van der Waals surface area contributed by atoms with Gasteiger partial charge in [0.25, 0.3) is 0 Å². The number of halogens is 5. The number of hydrogen-bond acceptors (Lipinski definition) is 3. The third-order valence-corrected chi connectivity index (χ3v) is 4.41. The Morgan fingerprint density at radius 3 is 2.48 bits per heavy atom. The van der Waals surface area contributed by atoms with Gasteiger partial charge in [0, 0.05) is 0 Å². The minimum atomic E-state index is -4.94. The number of aryl methyl sites for hydroxylation is 1. The van der Waals surface area contributed by atoms with Crippen LogP contribution in [0.4, 0.5) is 13.2 Å². The first kappa shape index (κ1) is 19.4. The number of ether oxygens (including phenoxy) is 2. The van der Waals surface area contributed by atoms with Crippen LogP contribution in [0.5, 0.6) is 17.2 Å². The van der Waals surface area contributed by atoms with Gasteiger partial charge in [0.2, 0.25) is 6.10 Å². The van der Waals surface area contributed by atoms with Crippen LogP contribution >= 0.6 is 23.2 Å². The maximum atomic E-state index is 13.2. The van der Waals surface area contributed by atoms with Gasteiger partial charge >= 0.3 is 12.1 Å². The van der Waals surface area contributed by atoms with Crippen molar-refractivity contribution in [1.29, 1.82) is 0 Å². The molecule has 1 unspecified atom stereocenters. The molecular weight excluding hydrogens is 408 g/mol. The fourth-order valence-electron chi connectivity index (χ4n) is 2.57. The Morgan fingerprint density at radius 1 is 1.22 bits per heavy atom. The predicted molar refractivity (Wildman–Crippen MR) is 93.8 cm³/mol. The average Bonchev–Trinajstić information content (AvgIpc) is 2.58. The maximum absolute atomic E-state index is 13.2. The predicted octanol–water partition coefficient (Wildman–Crippen LogP) is 5.89. The summed E-state index contributed by atoms with van der Waals surface area (Å²) in [5, 5.41) is 9.01. The van der Waals surface area contributed by atoms with Crippen LogP contribution in [0.25, 0.3) is 6.08 Å². The number of carboxylic acids is 1. The monoisotopic (exact) mass is 418 g/mol. The van der Waals surface area contributed by atoms with E-state index < -0.39 is 23.8 Å². The molecule has 1 aliphatic heterocycles. The number of hydrogen-bond donors (Lipinski definition) is 1. The number of fused-ring (bicyclic) bond motifs is 1. The van der Waals surface area contributed by atoms with Crippen LogP contribution in [0.3, 0.4) is 0 Å². The van der Waals surface area contributed by atoms with E-state index in [1.165, 1.54) is 6.07 Å². The van der Waals surface area contributed by atoms with E-state index in [-0.39, 0.29) is 27.1 Å². The molecule has 0 bridgehead atoms. The lowest BCUT2D eigenvalue weighted by molar-refractivity contribution is -0.187. The number of para-hydroxylation sites is 1. The fourth-order valence-corrected chi connectivity index (χ4v) is 3.13. The summed E-state index contributed by atoms with van der Waals surface area (Å²) in [4.78, 5) is 11.4. The summed E-state index contributed by atoms with van der Waals surface area (Å²) in [5.74, 6) is -1.78. The van der Waals surface area contributed by atoms with Crippen molar-refractivity contribution in [2.75, 3.05) is 0 Å². The summed E-state index contributed by atoms with van der Waals surface area (Å²) < 4.78 is 50.4. The molecule has 1 heterocycles. The molecule has 0 saturated carbocycles. The molecule has 1 atom stereocenters. The van der Waals surface area contributed by atoms with E-state index in [1.807, 2.05) is 0 Å². The summed E-state index contributed by atoms with van der Waals surface area (Å²) in [6, 6.07) is 8.06. The van der Waals surface area contributed by atoms with E-state index in [4.69, 9.17) is 32.7 Å². The Balaban J connectivity index is 2.19. The van der Waals surface area contributed by atoms with Crippen LogP contribution in [-0.2, 0) is 4.79 Å². The summed E-state index contributed by atoms with van der Waals surface area (Å²) in [7, 11) is 0. The minimum Gasteiger partial charge on any atom is -0.478 e. The first-order valence-electron chi connectivity index (χ1n) is 7.53. The molecule has 1 aliphatic rings. The van der Waals surface area contributed by atoms with Crippen molar-refractivity contribution in [3.8, 4) is 17.2 Å². The zero-order valence-corrected chi connectivity index (χ0v) is 15.1. The smallest absolute Gasteiger partial charge is 0.430 e. The standard InChI is InChI=1S/C18H11Cl2F3O4/c1-8-4-2-3-5-13(8)26-14-9-6-10(17(24)25)16(18(21,22)23)27-15(9)12(20)7-11(14)19/h2-7,16H,1H3,(H,24,25). The van der Waals surface area contributed by atoms with E-state index >= 15 is 0 Å². The van der Waals surface area contributed by atoms with Gasteiger partial charge in [-0.2, -0.15) is 13.2 Å². The van der Waals surface area contributed by atoms with Crippen LogP contribution < -0.4 is 9.47 Å². The minimum absolute atomic E-state index is 0.00273. The molecule has 0 radical (unpaired) electrons. The van der Waals surface area contributed by atoms with Crippen LogP contribution in [-0.4, -0.2) is 23.4 Å². The van der Waals surface area contributed by atoms with Gasteiger partial charge in [-0.1, -0.05) is 41.4 Å². The summed E-state index contributed by atoms with van der Waals surface area (Å²) in [6.45, 7) is 1.76. The van der Waals surface area contributed by atoms with E-state index in [0.29, 0.717) is 5.75 Å². The Bertz CT molecular complexity index is 954. The Morgan fingerprint density at radius 2 is 1.89 bits per heavy atom. The first-order chi connectivity index (χ1) is 12.6. The molecule has 0 saturated heterocycles. The molecule has 2 aromatic rings. The first-order valence-corrected chi connectivity index (χ1v) is 8.29. The number of alkyl halides is 3. The summed E-state index contributed by atoms with van der Waals surface area (Å²) in [6.07, 6.45) is -6.78. The molecule has 3 rings (SSSR count). The van der Waals surface area contributed by atoms with Crippen molar-refractivity contribution in [1.82, 2.24) is 0 Å². The molecule has 0 aromatic heterocycles. The lowest BCUT2D eigenvalue weighted by Gasteiger charge is -2.29. The van der Waals surface area contributed by atoms with Gasteiger partial charge in [-0.05, 0) is 30.7 Å². The summed E-state index contributed by atoms with van der Waals surface area (Å²) in [5.41, 5.74) is -0.332. The van der Waals surface area contributed by atoms with Crippen molar-refractivity contribution in [2.24, 2.45) is 0 Å². The Kier molecular flexibility index (Phi) is 5.01. The van der Waals surface area contributed by atoms with E-state index in [9.17, 15) is 23.1 Å². The molecule has 0 amide bonds. The van der Waals surface area contributed by atoms with Gasteiger partial charge in [-0.15, -0.1) is 0 Å². The zero-order chi connectivity index (χ0) is 19.9. The highest BCUT2D eigenvalue weighted by Gasteiger charge is 2.49. The molecule has 1 N–H and O–H groups in total. The van der Waals surface area contributed by atoms with Crippen molar-refractivity contribution >= 4 is 35.2 Å². The highest BCUT2D eigenvalue weighted by Crippen LogP contribution is 2.49. The molecule has 27 heavy (non-hydrogen) atoms. The molecule has 0 spiro atoms. The molecule has 2 aromatic carbocycles. The fraction of sp³-hybridized carbons (Fsp3) is 0.167. The largest absolute Gasteiger partial charge is 0.478 e. The summed E-state index contributed by atoms with van der Waals surface area (Å²) >= 11 is 12.1. The third kappa shape index (κ3) is 3.70. The Hall–Kier alpha value is -2.38. The van der Waals surface area contributed by atoms with E-state index in [2.05, 4.69) is 0 Å².